The molecular weight excluding hydrogens is 400 g/mol. The summed E-state index contributed by atoms with van der Waals surface area (Å²) in [6.07, 6.45) is 0. The van der Waals surface area contributed by atoms with Gasteiger partial charge in [0.15, 0.2) is 5.13 Å². The summed E-state index contributed by atoms with van der Waals surface area (Å²) in [7, 11) is 1.59. The molecule has 0 bridgehead atoms. The molecule has 6 heteroatoms. The molecule has 0 aliphatic rings. The maximum absolute atomic E-state index is 12.9. The summed E-state index contributed by atoms with van der Waals surface area (Å²) < 4.78 is 6.23. The molecule has 0 N–H and O–H groups in total. The van der Waals surface area contributed by atoms with E-state index in [4.69, 9.17) is 4.74 Å². The van der Waals surface area contributed by atoms with E-state index < -0.39 is 0 Å². The molecule has 0 unspecified atom stereocenters. The minimum absolute atomic E-state index is 0.0851. The van der Waals surface area contributed by atoms with Crippen LogP contribution in [0.25, 0.3) is 11.3 Å². The van der Waals surface area contributed by atoms with Crippen LogP contribution >= 0.6 is 27.3 Å². The fourth-order valence-corrected chi connectivity index (χ4v) is 3.58. The first-order chi connectivity index (χ1) is 12.1. The van der Waals surface area contributed by atoms with E-state index in [0.717, 1.165) is 15.7 Å². The number of rotatable bonds is 5. The SMILES string of the molecule is CCN(C(=O)c1cccc(OC)c1)c1nc(-c2ccc(Br)cc2)cs1. The van der Waals surface area contributed by atoms with Gasteiger partial charge in [-0.1, -0.05) is 34.1 Å². The van der Waals surface area contributed by atoms with Crippen LogP contribution in [0.1, 0.15) is 17.3 Å². The van der Waals surface area contributed by atoms with Gasteiger partial charge in [-0.25, -0.2) is 4.98 Å². The molecule has 128 valence electrons. The van der Waals surface area contributed by atoms with Crippen molar-refractivity contribution in [3.05, 3.63) is 63.9 Å². The van der Waals surface area contributed by atoms with Crippen molar-refractivity contribution in [1.29, 1.82) is 0 Å². The molecule has 1 amide bonds. The number of aromatic nitrogens is 1. The summed E-state index contributed by atoms with van der Waals surface area (Å²) in [6.45, 7) is 2.49. The van der Waals surface area contributed by atoms with Gasteiger partial charge in [0, 0.05) is 27.5 Å². The highest BCUT2D eigenvalue weighted by molar-refractivity contribution is 9.10. The van der Waals surface area contributed by atoms with E-state index in [0.29, 0.717) is 23.0 Å². The molecule has 0 fully saturated rings. The van der Waals surface area contributed by atoms with Gasteiger partial charge in [-0.05, 0) is 37.3 Å². The number of methoxy groups -OCH3 is 1. The number of nitrogens with zero attached hydrogens (tertiary/aromatic N) is 2. The van der Waals surface area contributed by atoms with E-state index in [1.807, 2.05) is 48.7 Å². The van der Waals surface area contributed by atoms with Crippen molar-refractivity contribution in [2.24, 2.45) is 0 Å². The Morgan fingerprint density at radius 3 is 2.68 bits per heavy atom. The van der Waals surface area contributed by atoms with Gasteiger partial charge in [-0.3, -0.25) is 9.69 Å². The first kappa shape index (κ1) is 17.6. The summed E-state index contributed by atoms with van der Waals surface area (Å²) in [5.41, 5.74) is 2.47. The number of hydrogen-bond acceptors (Lipinski definition) is 4. The predicted octanol–water partition coefficient (Wildman–Crippen LogP) is 5.25. The number of thiazole rings is 1. The van der Waals surface area contributed by atoms with E-state index >= 15 is 0 Å². The van der Waals surface area contributed by atoms with Gasteiger partial charge in [0.2, 0.25) is 0 Å². The van der Waals surface area contributed by atoms with Crippen LogP contribution in [0.15, 0.2) is 58.4 Å². The van der Waals surface area contributed by atoms with Crippen LogP contribution in [-0.2, 0) is 0 Å². The van der Waals surface area contributed by atoms with E-state index in [1.54, 1.807) is 24.1 Å². The lowest BCUT2D eigenvalue weighted by Gasteiger charge is -2.18. The summed E-state index contributed by atoms with van der Waals surface area (Å²) >= 11 is 4.90. The quantitative estimate of drug-likeness (QED) is 0.570. The fraction of sp³-hybridized carbons (Fsp3) is 0.158. The molecule has 0 saturated heterocycles. The Morgan fingerprint density at radius 2 is 2.00 bits per heavy atom. The Labute approximate surface area is 159 Å². The maximum Gasteiger partial charge on any atom is 0.260 e. The van der Waals surface area contributed by atoms with Crippen LogP contribution in [-0.4, -0.2) is 24.5 Å². The van der Waals surface area contributed by atoms with E-state index in [9.17, 15) is 4.79 Å². The zero-order valence-electron chi connectivity index (χ0n) is 13.9. The third kappa shape index (κ3) is 3.91. The highest BCUT2D eigenvalue weighted by Crippen LogP contribution is 2.29. The molecule has 0 spiro atoms. The highest BCUT2D eigenvalue weighted by Gasteiger charge is 2.20. The number of hydrogen-bond donors (Lipinski definition) is 0. The second-order valence-corrected chi connectivity index (χ2v) is 7.06. The number of amides is 1. The van der Waals surface area contributed by atoms with Crippen LogP contribution in [0, 0.1) is 0 Å². The smallest absolute Gasteiger partial charge is 0.260 e. The molecular formula is C19H17BrN2O2S. The summed E-state index contributed by atoms with van der Waals surface area (Å²) in [5, 5.41) is 2.66. The third-order valence-corrected chi connectivity index (χ3v) is 5.13. The van der Waals surface area contributed by atoms with Crippen LogP contribution in [0.4, 0.5) is 5.13 Å². The van der Waals surface area contributed by atoms with Crippen LogP contribution in [0.2, 0.25) is 0 Å². The topological polar surface area (TPSA) is 42.4 Å². The van der Waals surface area contributed by atoms with Crippen molar-refractivity contribution in [3.63, 3.8) is 0 Å². The van der Waals surface area contributed by atoms with Crippen LogP contribution in [0.3, 0.4) is 0 Å². The standard InChI is InChI=1S/C19H17BrN2O2S/c1-3-22(18(23)14-5-4-6-16(11-14)24-2)19-21-17(12-25-19)13-7-9-15(20)10-8-13/h4-12H,3H2,1-2H3. The Bertz CT molecular complexity index is 877. The molecule has 25 heavy (non-hydrogen) atoms. The minimum atomic E-state index is -0.0851. The van der Waals surface area contributed by atoms with Crippen molar-refractivity contribution in [2.75, 3.05) is 18.6 Å². The van der Waals surface area contributed by atoms with Crippen molar-refractivity contribution < 1.29 is 9.53 Å². The van der Waals surface area contributed by atoms with Crippen molar-refractivity contribution in [2.45, 2.75) is 6.92 Å². The lowest BCUT2D eigenvalue weighted by molar-refractivity contribution is 0.0988. The minimum Gasteiger partial charge on any atom is -0.497 e. The number of halogens is 1. The highest BCUT2D eigenvalue weighted by atomic mass is 79.9. The van der Waals surface area contributed by atoms with Gasteiger partial charge in [0.1, 0.15) is 5.75 Å². The van der Waals surface area contributed by atoms with Crippen molar-refractivity contribution in [1.82, 2.24) is 4.98 Å². The lowest BCUT2D eigenvalue weighted by Crippen LogP contribution is -2.30. The van der Waals surface area contributed by atoms with Gasteiger partial charge < -0.3 is 4.74 Å². The zero-order chi connectivity index (χ0) is 17.8. The summed E-state index contributed by atoms with van der Waals surface area (Å²) in [4.78, 5) is 19.2. The second kappa shape index (κ2) is 7.80. The largest absolute Gasteiger partial charge is 0.497 e. The normalized spacial score (nSPS) is 10.5. The van der Waals surface area contributed by atoms with Crippen molar-refractivity contribution in [3.8, 4) is 17.0 Å². The average molecular weight is 417 g/mol. The summed E-state index contributed by atoms with van der Waals surface area (Å²) in [5.74, 6) is 0.578. The Balaban J connectivity index is 1.88. The molecule has 0 aliphatic heterocycles. The molecule has 3 aromatic rings. The van der Waals surface area contributed by atoms with Gasteiger partial charge >= 0.3 is 0 Å². The third-order valence-electron chi connectivity index (χ3n) is 3.74. The second-order valence-electron chi connectivity index (χ2n) is 5.30. The monoisotopic (exact) mass is 416 g/mol. The van der Waals surface area contributed by atoms with E-state index in [2.05, 4.69) is 20.9 Å². The molecule has 2 aromatic carbocycles. The van der Waals surface area contributed by atoms with Gasteiger partial charge in [0.05, 0.1) is 12.8 Å². The van der Waals surface area contributed by atoms with Gasteiger partial charge in [-0.2, -0.15) is 0 Å². The van der Waals surface area contributed by atoms with Gasteiger partial charge in [-0.15, -0.1) is 11.3 Å². The maximum atomic E-state index is 12.9. The molecule has 0 aliphatic carbocycles. The Kier molecular flexibility index (Phi) is 5.50. The molecule has 4 nitrogen and oxygen atoms in total. The first-order valence-electron chi connectivity index (χ1n) is 7.79. The number of carbonyl (C=O) groups excluding carboxylic acids is 1. The first-order valence-corrected chi connectivity index (χ1v) is 9.47. The fourth-order valence-electron chi connectivity index (χ4n) is 2.42. The van der Waals surface area contributed by atoms with Gasteiger partial charge in [0.25, 0.3) is 5.91 Å². The van der Waals surface area contributed by atoms with E-state index in [-0.39, 0.29) is 5.91 Å². The Morgan fingerprint density at radius 1 is 1.24 bits per heavy atom. The average Bonchev–Trinajstić information content (AvgIpc) is 3.12. The molecule has 1 aromatic heterocycles. The number of anilines is 1. The number of carbonyl (C=O) groups is 1. The Hall–Kier alpha value is -2.18. The molecule has 0 radical (unpaired) electrons. The molecule has 3 rings (SSSR count). The number of ether oxygens (including phenoxy) is 1. The summed E-state index contributed by atoms with van der Waals surface area (Å²) in [6, 6.07) is 15.1. The lowest BCUT2D eigenvalue weighted by atomic mass is 10.2. The molecule has 0 atom stereocenters. The zero-order valence-corrected chi connectivity index (χ0v) is 16.3. The van der Waals surface area contributed by atoms with E-state index in [1.165, 1.54) is 11.3 Å². The molecule has 0 saturated carbocycles. The van der Waals surface area contributed by atoms with Crippen molar-refractivity contribution >= 4 is 38.3 Å². The number of benzene rings is 2. The predicted molar refractivity (Wildman–Crippen MR) is 106 cm³/mol. The van der Waals surface area contributed by atoms with Crippen LogP contribution < -0.4 is 9.64 Å². The van der Waals surface area contributed by atoms with Crippen LogP contribution in [0.5, 0.6) is 5.75 Å². The molecule has 1 heterocycles.